The van der Waals surface area contributed by atoms with E-state index < -0.39 is 0 Å². The zero-order valence-corrected chi connectivity index (χ0v) is 28.7. The van der Waals surface area contributed by atoms with Crippen LogP contribution in [0, 0.1) is 0 Å². The van der Waals surface area contributed by atoms with Gasteiger partial charge < -0.3 is 13.7 Å². The Labute approximate surface area is 306 Å². The molecule has 4 nitrogen and oxygen atoms in total. The van der Waals surface area contributed by atoms with Crippen molar-refractivity contribution < 1.29 is 8.83 Å². The predicted octanol–water partition coefficient (Wildman–Crippen LogP) is 13.9. The summed E-state index contributed by atoms with van der Waals surface area (Å²) in [6, 6.07) is 67.8. The third-order valence-corrected chi connectivity index (χ3v) is 9.93. The van der Waals surface area contributed by atoms with Gasteiger partial charge in [-0.15, -0.1) is 0 Å². The van der Waals surface area contributed by atoms with Gasteiger partial charge in [-0.05, 0) is 112 Å². The van der Waals surface area contributed by atoms with Crippen LogP contribution in [0.1, 0.15) is 0 Å². The number of hydrogen-bond acceptors (Lipinski definition) is 4. The largest absolute Gasteiger partial charge is 0.456 e. The molecule has 4 heteroatoms. The fourth-order valence-electron chi connectivity index (χ4n) is 7.12. The minimum absolute atomic E-state index is 0.611. The van der Waals surface area contributed by atoms with Crippen molar-refractivity contribution in [1.82, 2.24) is 4.98 Å². The minimum atomic E-state index is 0.611. The second kappa shape index (κ2) is 12.9. The van der Waals surface area contributed by atoms with Gasteiger partial charge in [-0.1, -0.05) is 115 Å². The lowest BCUT2D eigenvalue weighted by molar-refractivity contribution is 0.620. The maximum Gasteiger partial charge on any atom is 0.227 e. The highest BCUT2D eigenvalue weighted by molar-refractivity contribution is 5.88. The van der Waals surface area contributed by atoms with E-state index in [2.05, 4.69) is 157 Å². The van der Waals surface area contributed by atoms with Crippen LogP contribution in [0.5, 0.6) is 0 Å². The molecule has 250 valence electrons. The fourth-order valence-corrected chi connectivity index (χ4v) is 7.12. The van der Waals surface area contributed by atoms with Gasteiger partial charge in [-0.25, -0.2) is 4.98 Å². The molecule has 0 N–H and O–H groups in total. The Bertz CT molecular complexity index is 2800. The molecular weight excluding hydrogens is 649 g/mol. The lowest BCUT2D eigenvalue weighted by Crippen LogP contribution is -2.09. The summed E-state index contributed by atoms with van der Waals surface area (Å²) < 4.78 is 12.2. The van der Waals surface area contributed by atoms with E-state index in [1.165, 1.54) is 21.9 Å². The molecule has 8 aromatic carbocycles. The lowest BCUT2D eigenvalue weighted by atomic mass is 10.0. The number of aromatic nitrogens is 1. The molecule has 10 rings (SSSR count). The van der Waals surface area contributed by atoms with E-state index in [9.17, 15) is 0 Å². The number of rotatable bonds is 7. The SMILES string of the molecule is c1ccc2cc(-c3ccc(N(c4ccc(-c5ccc(-c6cc7ccccc7o6)cc5)cc4)c4ccc(-c5nc6ccccc6o5)cc4)cc3)ccc2c1. The molecule has 10 aromatic rings. The number of nitrogens with zero attached hydrogens (tertiary/aromatic N) is 2. The van der Waals surface area contributed by atoms with E-state index in [0.29, 0.717) is 5.89 Å². The quantitative estimate of drug-likeness (QED) is 0.168. The van der Waals surface area contributed by atoms with Crippen molar-refractivity contribution in [2.75, 3.05) is 4.90 Å². The van der Waals surface area contributed by atoms with Gasteiger partial charge in [0.2, 0.25) is 5.89 Å². The van der Waals surface area contributed by atoms with Crippen LogP contribution in [0.4, 0.5) is 17.1 Å². The first kappa shape index (κ1) is 30.6. The molecule has 0 saturated heterocycles. The molecule has 0 aliphatic rings. The maximum atomic E-state index is 6.11. The second-order valence-electron chi connectivity index (χ2n) is 13.3. The number of anilines is 3. The smallest absolute Gasteiger partial charge is 0.227 e. The first-order valence-corrected chi connectivity index (χ1v) is 17.8. The van der Waals surface area contributed by atoms with Gasteiger partial charge in [-0.3, -0.25) is 0 Å². The molecule has 0 spiro atoms. The van der Waals surface area contributed by atoms with Gasteiger partial charge in [0.15, 0.2) is 5.58 Å². The molecule has 0 radical (unpaired) electrons. The van der Waals surface area contributed by atoms with Crippen LogP contribution in [-0.2, 0) is 0 Å². The lowest BCUT2D eigenvalue weighted by Gasteiger charge is -2.26. The Balaban J connectivity index is 0.980. The Morgan fingerprint density at radius 1 is 0.340 bits per heavy atom. The molecular formula is C49H32N2O2. The van der Waals surface area contributed by atoms with Gasteiger partial charge >= 0.3 is 0 Å². The first-order chi connectivity index (χ1) is 26.2. The Kier molecular flexibility index (Phi) is 7.43. The van der Waals surface area contributed by atoms with Crippen LogP contribution in [-0.4, -0.2) is 4.98 Å². The van der Waals surface area contributed by atoms with Crippen molar-refractivity contribution in [2.24, 2.45) is 0 Å². The monoisotopic (exact) mass is 680 g/mol. The molecule has 0 aliphatic heterocycles. The van der Waals surface area contributed by atoms with Crippen LogP contribution in [0.15, 0.2) is 203 Å². The summed E-state index contributed by atoms with van der Waals surface area (Å²) in [7, 11) is 0. The van der Waals surface area contributed by atoms with Gasteiger partial charge in [0.1, 0.15) is 16.9 Å². The summed E-state index contributed by atoms with van der Waals surface area (Å²) in [6.07, 6.45) is 0. The molecule has 0 aliphatic carbocycles. The minimum Gasteiger partial charge on any atom is -0.456 e. The highest BCUT2D eigenvalue weighted by atomic mass is 16.3. The van der Waals surface area contributed by atoms with Crippen molar-refractivity contribution in [1.29, 1.82) is 0 Å². The van der Waals surface area contributed by atoms with Crippen molar-refractivity contribution in [3.63, 3.8) is 0 Å². The van der Waals surface area contributed by atoms with Gasteiger partial charge in [0, 0.05) is 33.6 Å². The van der Waals surface area contributed by atoms with Crippen LogP contribution in [0.25, 0.3) is 77.9 Å². The van der Waals surface area contributed by atoms with E-state index in [4.69, 9.17) is 13.8 Å². The molecule has 0 unspecified atom stereocenters. The summed E-state index contributed by atoms with van der Waals surface area (Å²) >= 11 is 0. The average Bonchev–Trinajstić information content (AvgIpc) is 3.87. The summed E-state index contributed by atoms with van der Waals surface area (Å²) in [5, 5.41) is 3.58. The number of hydrogen-bond donors (Lipinski definition) is 0. The number of para-hydroxylation sites is 3. The number of oxazole rings is 1. The molecule has 53 heavy (non-hydrogen) atoms. The summed E-state index contributed by atoms with van der Waals surface area (Å²) in [5.41, 5.74) is 12.3. The summed E-state index contributed by atoms with van der Waals surface area (Å²) in [4.78, 5) is 7.00. The standard InChI is InChI=1S/C49H32N2O2/c1-2-8-39-31-40(18-15-33(39)7-1)36-21-27-43(28-22-36)51(44-29-23-38(24-30-44)49-50-45-10-4-6-12-47(45)53-49)42-25-19-35(20-26-42)34-13-16-37(17-14-34)48-32-41-9-3-5-11-46(41)52-48/h1-32H. The van der Waals surface area contributed by atoms with Gasteiger partial charge in [-0.2, -0.15) is 0 Å². The Morgan fingerprint density at radius 3 is 1.47 bits per heavy atom. The second-order valence-corrected chi connectivity index (χ2v) is 13.3. The molecule has 0 amide bonds. The van der Waals surface area contributed by atoms with E-state index in [0.717, 1.165) is 67.1 Å². The topological polar surface area (TPSA) is 42.4 Å². The number of benzene rings is 8. The normalized spacial score (nSPS) is 11.4. The third-order valence-electron chi connectivity index (χ3n) is 9.93. The van der Waals surface area contributed by atoms with Gasteiger partial charge in [0.25, 0.3) is 0 Å². The van der Waals surface area contributed by atoms with Crippen LogP contribution < -0.4 is 4.90 Å². The van der Waals surface area contributed by atoms with E-state index in [-0.39, 0.29) is 0 Å². The van der Waals surface area contributed by atoms with Gasteiger partial charge in [0.05, 0.1) is 0 Å². The fraction of sp³-hybridized carbons (Fsp3) is 0. The van der Waals surface area contributed by atoms with E-state index in [1.807, 2.05) is 42.5 Å². The molecule has 2 aromatic heterocycles. The Hall–Kier alpha value is -7.17. The van der Waals surface area contributed by atoms with Crippen LogP contribution in [0.3, 0.4) is 0 Å². The molecule has 0 fully saturated rings. The van der Waals surface area contributed by atoms with Crippen molar-refractivity contribution in [2.45, 2.75) is 0 Å². The maximum absolute atomic E-state index is 6.11. The average molecular weight is 681 g/mol. The molecule has 2 heterocycles. The first-order valence-electron chi connectivity index (χ1n) is 17.8. The van der Waals surface area contributed by atoms with E-state index >= 15 is 0 Å². The molecule has 0 bridgehead atoms. The zero-order chi connectivity index (χ0) is 35.1. The highest BCUT2D eigenvalue weighted by Gasteiger charge is 2.16. The highest BCUT2D eigenvalue weighted by Crippen LogP contribution is 2.38. The summed E-state index contributed by atoms with van der Waals surface area (Å²) in [6.45, 7) is 0. The van der Waals surface area contributed by atoms with Crippen molar-refractivity contribution >= 4 is 49.9 Å². The van der Waals surface area contributed by atoms with Crippen molar-refractivity contribution in [3.8, 4) is 45.0 Å². The molecule has 0 saturated carbocycles. The van der Waals surface area contributed by atoms with Crippen LogP contribution >= 0.6 is 0 Å². The number of fused-ring (bicyclic) bond motifs is 3. The zero-order valence-electron chi connectivity index (χ0n) is 28.7. The predicted molar refractivity (Wildman–Crippen MR) is 218 cm³/mol. The number of furan rings is 1. The Morgan fingerprint density at radius 2 is 0.830 bits per heavy atom. The third kappa shape index (κ3) is 5.82. The van der Waals surface area contributed by atoms with E-state index in [1.54, 1.807) is 0 Å². The van der Waals surface area contributed by atoms with Crippen LogP contribution in [0.2, 0.25) is 0 Å². The molecule has 0 atom stereocenters. The van der Waals surface area contributed by atoms with Crippen molar-refractivity contribution in [3.05, 3.63) is 194 Å². The summed E-state index contributed by atoms with van der Waals surface area (Å²) in [5.74, 6) is 1.48.